The van der Waals surface area contributed by atoms with Crippen LogP contribution in [0.15, 0.2) is 35.9 Å². The number of piperidine rings is 2. The van der Waals surface area contributed by atoms with Gasteiger partial charge in [0.25, 0.3) is 0 Å². The minimum atomic E-state index is -1.29. The summed E-state index contributed by atoms with van der Waals surface area (Å²) in [6.07, 6.45) is 4.18. The molecule has 140 valence electrons. The van der Waals surface area contributed by atoms with Crippen LogP contribution in [0.2, 0.25) is 0 Å². The van der Waals surface area contributed by atoms with Gasteiger partial charge in [0.1, 0.15) is 17.9 Å². The molecule has 5 aliphatic rings. The van der Waals surface area contributed by atoms with Gasteiger partial charge in [0.15, 0.2) is 5.72 Å². The monoisotopic (exact) mass is 366 g/mol. The Morgan fingerprint density at radius 1 is 1.41 bits per heavy atom. The molecule has 0 aromatic heterocycles. The Bertz CT molecular complexity index is 929. The van der Waals surface area contributed by atoms with Crippen LogP contribution in [-0.4, -0.2) is 48.8 Å². The number of nitrogens with zero attached hydrogens (tertiary/aromatic N) is 1. The third-order valence-electron chi connectivity index (χ3n) is 7.99. The van der Waals surface area contributed by atoms with E-state index in [0.29, 0.717) is 12.8 Å². The number of aldehydes is 1. The summed E-state index contributed by atoms with van der Waals surface area (Å²) in [6.45, 7) is 2.73. The summed E-state index contributed by atoms with van der Waals surface area (Å²) in [5, 5.41) is 3.63. The van der Waals surface area contributed by atoms with E-state index < -0.39 is 22.5 Å². The molecule has 6 nitrogen and oxygen atoms in total. The van der Waals surface area contributed by atoms with Gasteiger partial charge in [-0.15, -0.1) is 0 Å². The molecule has 4 aliphatic heterocycles. The maximum atomic E-state index is 13.4. The maximum absolute atomic E-state index is 13.4. The largest absolute Gasteiger partial charge is 0.468 e. The lowest BCUT2D eigenvalue weighted by molar-refractivity contribution is -0.182. The molecule has 1 aromatic rings. The minimum Gasteiger partial charge on any atom is -0.468 e. The number of hydrogen-bond acceptors (Lipinski definition) is 6. The van der Waals surface area contributed by atoms with Crippen LogP contribution in [0.1, 0.15) is 25.3 Å². The van der Waals surface area contributed by atoms with Crippen molar-refractivity contribution in [1.29, 1.82) is 0 Å². The number of hydrogen-bond donors (Lipinski definition) is 1. The van der Waals surface area contributed by atoms with E-state index in [1.54, 1.807) is 0 Å². The molecule has 1 aromatic carbocycles. The fourth-order valence-electron chi connectivity index (χ4n) is 7.14. The van der Waals surface area contributed by atoms with Crippen LogP contribution in [0.3, 0.4) is 0 Å². The number of methoxy groups -OCH3 is 1. The van der Waals surface area contributed by atoms with Gasteiger partial charge in [-0.05, 0) is 25.0 Å². The molecule has 1 aliphatic carbocycles. The van der Waals surface area contributed by atoms with Crippen LogP contribution in [0.4, 0.5) is 5.69 Å². The first kappa shape index (κ1) is 15.8. The van der Waals surface area contributed by atoms with Crippen molar-refractivity contribution in [3.63, 3.8) is 0 Å². The number of carbonyl (C=O) groups excluding carboxylic acids is 2. The molecule has 1 saturated carbocycles. The molecule has 0 radical (unpaired) electrons. The summed E-state index contributed by atoms with van der Waals surface area (Å²) < 4.78 is 11.9. The van der Waals surface area contributed by atoms with Crippen molar-refractivity contribution >= 4 is 17.9 Å². The molecule has 1 unspecified atom stereocenters. The Morgan fingerprint density at radius 2 is 2.22 bits per heavy atom. The second-order valence-electron chi connectivity index (χ2n) is 8.41. The zero-order valence-corrected chi connectivity index (χ0v) is 15.4. The highest BCUT2D eigenvalue weighted by Crippen LogP contribution is 2.75. The average molecular weight is 366 g/mol. The SMILES string of the molecule is C/C=C1/CN2[C@@H]3C[C@@]45c6ccccc6N[C@]4(O3)[C@@H]2C[C@@H]1C5(C=O)C(=O)OC. The first-order chi connectivity index (χ1) is 13.1. The summed E-state index contributed by atoms with van der Waals surface area (Å²) in [4.78, 5) is 28.7. The number of benzene rings is 1. The normalized spacial score (nSPS) is 46.9. The van der Waals surface area contributed by atoms with E-state index in [-0.39, 0.29) is 18.2 Å². The Kier molecular flexibility index (Phi) is 2.71. The summed E-state index contributed by atoms with van der Waals surface area (Å²) in [7, 11) is 1.38. The smallest absolute Gasteiger partial charge is 0.320 e. The summed E-state index contributed by atoms with van der Waals surface area (Å²) >= 11 is 0. The van der Waals surface area contributed by atoms with Crippen molar-refractivity contribution in [2.24, 2.45) is 11.3 Å². The minimum absolute atomic E-state index is 0.101. The van der Waals surface area contributed by atoms with Crippen molar-refractivity contribution in [2.75, 3.05) is 19.0 Å². The standard InChI is InChI=1S/C21H22N2O4/c1-3-12-10-23-16-8-14(12)19(11-24,18(25)26-2)20-9-17(23)27-21(16,20)22-15-7-5-4-6-13(15)20/h3-7,11,14,16-17,22H,8-10H2,1-2H3/b12-3-/t14-,16-,17-,19?,20-,21-/m0/s1. The molecule has 6 heteroatoms. The Hall–Kier alpha value is -2.18. The molecule has 1 spiro atoms. The van der Waals surface area contributed by atoms with Gasteiger partial charge in [-0.1, -0.05) is 29.8 Å². The second kappa shape index (κ2) is 4.62. The lowest BCUT2D eigenvalue weighted by Gasteiger charge is -2.63. The van der Waals surface area contributed by atoms with Gasteiger partial charge in [0, 0.05) is 24.6 Å². The predicted octanol–water partition coefficient (Wildman–Crippen LogP) is 1.81. The van der Waals surface area contributed by atoms with Gasteiger partial charge in [-0.3, -0.25) is 9.69 Å². The molecular formula is C21H22N2O4. The highest BCUT2D eigenvalue weighted by atomic mass is 16.6. The van der Waals surface area contributed by atoms with Crippen molar-refractivity contribution in [2.45, 2.75) is 43.2 Å². The lowest BCUT2D eigenvalue weighted by Crippen LogP contribution is -2.78. The number of rotatable bonds is 2. The zero-order valence-electron chi connectivity index (χ0n) is 15.4. The number of allylic oxidation sites excluding steroid dienone is 1. The van der Waals surface area contributed by atoms with Gasteiger partial charge in [-0.2, -0.15) is 0 Å². The van der Waals surface area contributed by atoms with Crippen molar-refractivity contribution in [3.8, 4) is 0 Å². The number of carbonyl (C=O) groups is 2. The molecule has 3 saturated heterocycles. The fraction of sp³-hybridized carbons (Fsp3) is 0.524. The highest BCUT2D eigenvalue weighted by Gasteiger charge is 2.87. The molecule has 0 amide bonds. The Balaban J connectivity index is 1.75. The lowest BCUT2D eigenvalue weighted by atomic mass is 9.42. The predicted molar refractivity (Wildman–Crippen MR) is 96.8 cm³/mol. The number of para-hydroxylation sites is 1. The molecule has 4 bridgehead atoms. The van der Waals surface area contributed by atoms with Crippen molar-refractivity contribution in [3.05, 3.63) is 41.5 Å². The maximum Gasteiger partial charge on any atom is 0.320 e. The zero-order chi connectivity index (χ0) is 18.6. The van der Waals surface area contributed by atoms with E-state index in [9.17, 15) is 9.59 Å². The highest BCUT2D eigenvalue weighted by molar-refractivity contribution is 5.99. The van der Waals surface area contributed by atoms with E-state index in [1.807, 2.05) is 31.2 Å². The molecule has 27 heavy (non-hydrogen) atoms. The Morgan fingerprint density at radius 3 is 2.96 bits per heavy atom. The van der Waals surface area contributed by atoms with E-state index in [0.717, 1.165) is 29.7 Å². The third kappa shape index (κ3) is 1.32. The second-order valence-corrected chi connectivity index (χ2v) is 8.41. The van der Waals surface area contributed by atoms with Crippen LogP contribution in [0, 0.1) is 11.3 Å². The van der Waals surface area contributed by atoms with Crippen LogP contribution < -0.4 is 5.32 Å². The number of anilines is 1. The molecule has 6 atom stereocenters. The third-order valence-corrected chi connectivity index (χ3v) is 7.99. The topological polar surface area (TPSA) is 67.9 Å². The fourth-order valence-corrected chi connectivity index (χ4v) is 7.14. The number of ether oxygens (including phenoxy) is 2. The van der Waals surface area contributed by atoms with Crippen LogP contribution in [-0.2, 0) is 24.5 Å². The molecule has 4 heterocycles. The molecule has 6 rings (SSSR count). The van der Waals surface area contributed by atoms with E-state index in [2.05, 4.69) is 16.3 Å². The van der Waals surface area contributed by atoms with Gasteiger partial charge in [0.2, 0.25) is 0 Å². The quantitative estimate of drug-likeness (QED) is 0.373. The van der Waals surface area contributed by atoms with Crippen molar-refractivity contribution in [1.82, 2.24) is 4.90 Å². The van der Waals surface area contributed by atoms with Gasteiger partial charge < -0.3 is 19.6 Å². The van der Waals surface area contributed by atoms with Gasteiger partial charge in [0.05, 0.1) is 18.6 Å². The first-order valence-corrected chi connectivity index (χ1v) is 9.60. The molecule has 1 N–H and O–H groups in total. The summed E-state index contributed by atoms with van der Waals surface area (Å²) in [6, 6.07) is 8.15. The number of fused-ring (bicyclic) bond motifs is 4. The van der Waals surface area contributed by atoms with Crippen molar-refractivity contribution < 1.29 is 19.1 Å². The van der Waals surface area contributed by atoms with Crippen LogP contribution in [0.5, 0.6) is 0 Å². The summed E-state index contributed by atoms with van der Waals surface area (Å²) in [5.41, 5.74) is 0.303. The summed E-state index contributed by atoms with van der Waals surface area (Å²) in [5.74, 6) is -0.611. The van der Waals surface area contributed by atoms with E-state index >= 15 is 0 Å². The van der Waals surface area contributed by atoms with E-state index in [1.165, 1.54) is 7.11 Å². The van der Waals surface area contributed by atoms with Gasteiger partial charge in [-0.25, -0.2) is 0 Å². The van der Waals surface area contributed by atoms with Gasteiger partial charge >= 0.3 is 5.97 Å². The molecular weight excluding hydrogens is 344 g/mol. The van der Waals surface area contributed by atoms with Crippen LogP contribution in [0.25, 0.3) is 0 Å². The number of nitrogens with one attached hydrogen (secondary N) is 1. The number of esters is 1. The van der Waals surface area contributed by atoms with Crippen LogP contribution >= 0.6 is 0 Å². The Labute approximate surface area is 157 Å². The molecule has 4 fully saturated rings. The average Bonchev–Trinajstić information content (AvgIpc) is 3.30. The van der Waals surface area contributed by atoms with E-state index in [4.69, 9.17) is 9.47 Å². The first-order valence-electron chi connectivity index (χ1n) is 9.60.